The molecule has 2 aliphatic heterocycles. The van der Waals surface area contributed by atoms with E-state index in [-0.39, 0.29) is 11.9 Å². The number of thiazole rings is 1. The molecule has 1 aromatic carbocycles. The topological polar surface area (TPSA) is 36.4 Å². The molecular weight excluding hydrogens is 351 g/mol. The zero-order valence-corrected chi connectivity index (χ0v) is 14.1. The molecule has 25 heavy (non-hydrogen) atoms. The molecule has 0 N–H and O–H groups in total. The number of rotatable bonds is 3. The fourth-order valence-corrected chi connectivity index (χ4v) is 4.13. The number of likely N-dealkylation sites (tertiary alicyclic amines) is 2. The van der Waals surface area contributed by atoms with Gasteiger partial charge in [-0.2, -0.15) is 13.2 Å². The van der Waals surface area contributed by atoms with E-state index < -0.39 is 11.7 Å². The number of halogens is 3. The molecule has 2 fully saturated rings. The van der Waals surface area contributed by atoms with Gasteiger partial charge in [0.25, 0.3) is 5.91 Å². The second-order valence-electron chi connectivity index (χ2n) is 6.54. The Hall–Kier alpha value is -1.93. The van der Waals surface area contributed by atoms with E-state index >= 15 is 0 Å². The molecule has 0 bridgehead atoms. The van der Waals surface area contributed by atoms with Gasteiger partial charge in [0.05, 0.1) is 11.1 Å². The molecule has 1 amide bonds. The average Bonchev–Trinajstić information content (AvgIpc) is 3.20. The van der Waals surface area contributed by atoms with Gasteiger partial charge in [0, 0.05) is 43.5 Å². The van der Waals surface area contributed by atoms with Crippen LogP contribution < -0.4 is 0 Å². The van der Waals surface area contributed by atoms with Crippen LogP contribution in [0.1, 0.15) is 21.6 Å². The van der Waals surface area contributed by atoms with Crippen LogP contribution in [0.5, 0.6) is 0 Å². The fraction of sp³-hybridized carbons (Fsp3) is 0.412. The number of alkyl halides is 3. The molecule has 8 heteroatoms. The van der Waals surface area contributed by atoms with Crippen molar-refractivity contribution in [2.24, 2.45) is 5.92 Å². The summed E-state index contributed by atoms with van der Waals surface area (Å²) in [6.45, 7) is 2.86. The largest absolute Gasteiger partial charge is 0.416 e. The van der Waals surface area contributed by atoms with E-state index in [9.17, 15) is 18.0 Å². The number of carbonyl (C=O) groups is 1. The maximum atomic E-state index is 12.6. The first-order valence-corrected chi connectivity index (χ1v) is 8.94. The zero-order chi connectivity index (χ0) is 17.6. The monoisotopic (exact) mass is 367 g/mol. The highest BCUT2D eigenvalue weighted by Gasteiger charge is 2.46. The highest BCUT2D eigenvalue weighted by atomic mass is 32.1. The molecule has 0 spiro atoms. The molecule has 0 aliphatic carbocycles. The molecule has 4 rings (SSSR count). The molecule has 1 aromatic heterocycles. The number of amides is 1. The Morgan fingerprint density at radius 2 is 1.96 bits per heavy atom. The first-order chi connectivity index (χ1) is 11.9. The zero-order valence-electron chi connectivity index (χ0n) is 13.2. The van der Waals surface area contributed by atoms with Crippen LogP contribution in [0.25, 0.3) is 0 Å². The van der Waals surface area contributed by atoms with Crippen LogP contribution in [-0.2, 0) is 12.7 Å². The number of nitrogens with zero attached hydrogens (tertiary/aromatic N) is 3. The molecule has 0 radical (unpaired) electrons. The van der Waals surface area contributed by atoms with Gasteiger partial charge in [-0.05, 0) is 17.7 Å². The minimum Gasteiger partial charge on any atom is -0.335 e. The first-order valence-electron chi connectivity index (χ1n) is 7.99. The predicted molar refractivity (Wildman–Crippen MR) is 87.1 cm³/mol. The maximum Gasteiger partial charge on any atom is 0.416 e. The van der Waals surface area contributed by atoms with Crippen LogP contribution in [0.2, 0.25) is 0 Å². The van der Waals surface area contributed by atoms with Crippen molar-refractivity contribution in [3.63, 3.8) is 0 Å². The van der Waals surface area contributed by atoms with Crippen LogP contribution in [0.15, 0.2) is 35.2 Å². The highest BCUT2D eigenvalue weighted by molar-refractivity contribution is 7.07. The van der Waals surface area contributed by atoms with Crippen LogP contribution in [0, 0.1) is 5.92 Å². The van der Waals surface area contributed by atoms with Crippen molar-refractivity contribution in [2.75, 3.05) is 19.6 Å². The van der Waals surface area contributed by atoms with E-state index in [0.717, 1.165) is 30.8 Å². The van der Waals surface area contributed by atoms with Gasteiger partial charge in [-0.15, -0.1) is 11.3 Å². The number of hydrogen-bond donors (Lipinski definition) is 0. The normalized spacial score (nSPS) is 23.4. The van der Waals surface area contributed by atoms with Gasteiger partial charge in [-0.1, -0.05) is 12.1 Å². The summed E-state index contributed by atoms with van der Waals surface area (Å²) in [5.74, 6) is 0.405. The molecule has 3 heterocycles. The van der Waals surface area contributed by atoms with Gasteiger partial charge >= 0.3 is 6.18 Å². The van der Waals surface area contributed by atoms with Crippen molar-refractivity contribution in [1.29, 1.82) is 0 Å². The van der Waals surface area contributed by atoms with Crippen LogP contribution in [-0.4, -0.2) is 46.4 Å². The molecule has 132 valence electrons. The molecule has 0 unspecified atom stereocenters. The van der Waals surface area contributed by atoms with Crippen molar-refractivity contribution in [3.05, 3.63) is 52.0 Å². The second kappa shape index (κ2) is 6.10. The Labute approximate surface area is 146 Å². The van der Waals surface area contributed by atoms with E-state index in [4.69, 9.17) is 0 Å². The summed E-state index contributed by atoms with van der Waals surface area (Å²) in [7, 11) is 0. The van der Waals surface area contributed by atoms with Crippen molar-refractivity contribution in [3.8, 4) is 0 Å². The smallest absolute Gasteiger partial charge is 0.335 e. The molecule has 4 nitrogen and oxygen atoms in total. The summed E-state index contributed by atoms with van der Waals surface area (Å²) in [6, 6.07) is 5.59. The SMILES string of the molecule is O=C(c1cscn1)N1C[C@H]2CN(Cc3ccc(C(F)(F)F)cc3)[C@@H]2C1. The summed E-state index contributed by atoms with van der Waals surface area (Å²) in [6.07, 6.45) is -4.30. The standard InChI is InChI=1S/C17H16F3N3OS/c18-17(19,20)13-3-1-11(2-4-13)5-22-6-12-7-23(8-15(12)22)16(24)14-9-25-10-21-14/h1-4,9-10,12,15H,5-8H2/t12-,15-/m1/s1. The summed E-state index contributed by atoms with van der Waals surface area (Å²) < 4.78 is 37.9. The number of fused-ring (bicyclic) bond motifs is 1. The predicted octanol–water partition coefficient (Wildman–Crippen LogP) is 3.12. The van der Waals surface area contributed by atoms with Gasteiger partial charge in [0.15, 0.2) is 0 Å². The highest BCUT2D eigenvalue weighted by Crippen LogP contribution is 2.35. The Morgan fingerprint density at radius 1 is 1.20 bits per heavy atom. The number of aromatic nitrogens is 1. The van der Waals surface area contributed by atoms with Crippen molar-refractivity contribution < 1.29 is 18.0 Å². The lowest BCUT2D eigenvalue weighted by Gasteiger charge is -2.43. The second-order valence-corrected chi connectivity index (χ2v) is 7.25. The van der Waals surface area contributed by atoms with E-state index in [2.05, 4.69) is 9.88 Å². The van der Waals surface area contributed by atoms with Gasteiger partial charge in [-0.3, -0.25) is 9.69 Å². The van der Waals surface area contributed by atoms with Crippen LogP contribution in [0.3, 0.4) is 0 Å². The van der Waals surface area contributed by atoms with Gasteiger partial charge in [-0.25, -0.2) is 4.98 Å². The molecule has 2 aromatic rings. The van der Waals surface area contributed by atoms with E-state index in [0.29, 0.717) is 24.7 Å². The third-order valence-corrected chi connectivity index (χ3v) is 5.54. The lowest BCUT2D eigenvalue weighted by atomic mass is 9.91. The van der Waals surface area contributed by atoms with Crippen LogP contribution >= 0.6 is 11.3 Å². The van der Waals surface area contributed by atoms with E-state index in [1.165, 1.54) is 23.5 Å². The third-order valence-electron chi connectivity index (χ3n) is 4.95. The van der Waals surface area contributed by atoms with Crippen molar-refractivity contribution in [2.45, 2.75) is 18.8 Å². The fourth-order valence-electron chi connectivity index (χ4n) is 3.61. The Balaban J connectivity index is 1.37. The quantitative estimate of drug-likeness (QED) is 0.836. The minimum absolute atomic E-state index is 0.0369. The number of carbonyl (C=O) groups excluding carboxylic acids is 1. The molecule has 2 saturated heterocycles. The van der Waals surface area contributed by atoms with Crippen LogP contribution in [0.4, 0.5) is 13.2 Å². The lowest BCUT2D eigenvalue weighted by Crippen LogP contribution is -2.54. The van der Waals surface area contributed by atoms with Crippen molar-refractivity contribution >= 4 is 17.2 Å². The Bertz CT molecular complexity index is 760. The van der Waals surface area contributed by atoms with Gasteiger partial charge < -0.3 is 4.90 Å². The maximum absolute atomic E-state index is 12.6. The molecule has 2 aliphatic rings. The Kier molecular flexibility index (Phi) is 4.04. The molecular formula is C17H16F3N3OS. The van der Waals surface area contributed by atoms with Crippen molar-refractivity contribution in [1.82, 2.24) is 14.8 Å². The van der Waals surface area contributed by atoms with Gasteiger partial charge in [0.1, 0.15) is 5.69 Å². The van der Waals surface area contributed by atoms with Gasteiger partial charge in [0.2, 0.25) is 0 Å². The number of benzene rings is 1. The summed E-state index contributed by atoms with van der Waals surface area (Å²) in [5.41, 5.74) is 2.37. The van der Waals surface area contributed by atoms with E-state index in [1.54, 1.807) is 10.9 Å². The summed E-state index contributed by atoms with van der Waals surface area (Å²) in [5, 5.41) is 1.75. The van der Waals surface area contributed by atoms with E-state index in [1.807, 2.05) is 4.90 Å². The summed E-state index contributed by atoms with van der Waals surface area (Å²) in [4.78, 5) is 20.5. The third kappa shape index (κ3) is 3.16. The Morgan fingerprint density at radius 3 is 2.60 bits per heavy atom. The lowest BCUT2D eigenvalue weighted by molar-refractivity contribution is -0.137. The molecule has 2 atom stereocenters. The first kappa shape index (κ1) is 16.5. The average molecular weight is 367 g/mol. The molecule has 0 saturated carbocycles. The number of hydrogen-bond acceptors (Lipinski definition) is 4. The summed E-state index contributed by atoms with van der Waals surface area (Å²) >= 11 is 1.40. The minimum atomic E-state index is -4.30.